The molecule has 43 heavy (non-hydrogen) atoms. The molecule has 200 valence electrons. The number of hydrogen-bond donors (Lipinski definition) is 0. The van der Waals surface area contributed by atoms with Crippen LogP contribution in [0.2, 0.25) is 0 Å². The Morgan fingerprint density at radius 3 is 1.88 bits per heavy atom. The van der Waals surface area contributed by atoms with E-state index in [4.69, 9.17) is 15.0 Å². The predicted molar refractivity (Wildman–Crippen MR) is 182 cm³/mol. The first-order valence-electron chi connectivity index (χ1n) is 14.4. The molecule has 0 fully saturated rings. The highest BCUT2D eigenvalue weighted by atomic mass is 32.1. The first-order chi connectivity index (χ1) is 21.3. The van der Waals surface area contributed by atoms with E-state index in [2.05, 4.69) is 121 Å². The molecule has 0 spiro atoms. The monoisotopic (exact) mass is 565 g/mol. The van der Waals surface area contributed by atoms with Gasteiger partial charge in [0.05, 0.1) is 16.7 Å². The maximum Gasteiger partial charge on any atom is 0.179 e. The fourth-order valence-corrected chi connectivity index (χ4v) is 7.35. The topological polar surface area (TPSA) is 38.7 Å². The minimum Gasteiger partial charge on any atom is -0.244 e. The summed E-state index contributed by atoms with van der Waals surface area (Å²) in [5, 5.41) is 6.90. The SMILES string of the molecule is c1ccc(-c2cccc(-c3nc(-c4nc5ccccc5c5cc6sc7ccccc7c6cc45)nc4ccccc34)c2)cc1. The molecule has 0 unspecified atom stereocenters. The van der Waals surface area contributed by atoms with Gasteiger partial charge in [-0.05, 0) is 52.9 Å². The fraction of sp³-hybridized carbons (Fsp3) is 0. The zero-order chi connectivity index (χ0) is 28.3. The molecular weight excluding hydrogens is 543 g/mol. The van der Waals surface area contributed by atoms with E-state index in [1.807, 2.05) is 29.5 Å². The minimum atomic E-state index is 0.633. The molecule has 0 aliphatic heterocycles. The van der Waals surface area contributed by atoms with Crippen LogP contribution in [0.15, 0.2) is 140 Å². The van der Waals surface area contributed by atoms with E-state index < -0.39 is 0 Å². The van der Waals surface area contributed by atoms with Crippen LogP contribution < -0.4 is 0 Å². The fourth-order valence-electron chi connectivity index (χ4n) is 6.22. The van der Waals surface area contributed by atoms with Crippen molar-refractivity contribution in [3.63, 3.8) is 0 Å². The molecule has 0 aliphatic rings. The maximum atomic E-state index is 5.29. The van der Waals surface area contributed by atoms with Crippen molar-refractivity contribution >= 4 is 64.1 Å². The van der Waals surface area contributed by atoms with Gasteiger partial charge in [-0.15, -0.1) is 11.3 Å². The van der Waals surface area contributed by atoms with Crippen LogP contribution >= 0.6 is 11.3 Å². The Balaban J connectivity index is 1.35. The average Bonchev–Trinajstić information content (AvgIpc) is 3.44. The lowest BCUT2D eigenvalue weighted by Gasteiger charge is -2.13. The van der Waals surface area contributed by atoms with Crippen molar-refractivity contribution in [1.82, 2.24) is 15.0 Å². The summed E-state index contributed by atoms with van der Waals surface area (Å²) in [5.74, 6) is 0.633. The summed E-state index contributed by atoms with van der Waals surface area (Å²) in [7, 11) is 0. The first-order valence-corrected chi connectivity index (χ1v) is 15.2. The Labute approximate surface area is 251 Å². The minimum absolute atomic E-state index is 0.633. The van der Waals surface area contributed by atoms with Gasteiger partial charge in [-0.2, -0.15) is 0 Å². The van der Waals surface area contributed by atoms with Gasteiger partial charge in [0.15, 0.2) is 5.82 Å². The van der Waals surface area contributed by atoms with Crippen LogP contribution in [-0.4, -0.2) is 15.0 Å². The molecular formula is C39H23N3S. The van der Waals surface area contributed by atoms with Gasteiger partial charge in [-0.3, -0.25) is 0 Å². The number of pyridine rings is 1. The van der Waals surface area contributed by atoms with Gasteiger partial charge in [0.1, 0.15) is 5.69 Å². The van der Waals surface area contributed by atoms with Gasteiger partial charge >= 0.3 is 0 Å². The van der Waals surface area contributed by atoms with Gasteiger partial charge in [0.2, 0.25) is 0 Å². The summed E-state index contributed by atoms with van der Waals surface area (Å²) >= 11 is 1.84. The number of benzene rings is 6. The molecule has 0 bridgehead atoms. The average molecular weight is 566 g/mol. The quantitative estimate of drug-likeness (QED) is 0.200. The van der Waals surface area contributed by atoms with Crippen LogP contribution in [0.1, 0.15) is 0 Å². The van der Waals surface area contributed by atoms with E-state index in [-0.39, 0.29) is 0 Å². The molecule has 9 rings (SSSR count). The number of para-hydroxylation sites is 2. The second kappa shape index (κ2) is 9.55. The maximum absolute atomic E-state index is 5.29. The summed E-state index contributed by atoms with van der Waals surface area (Å²) in [6, 6.07) is 49.0. The van der Waals surface area contributed by atoms with Crippen LogP contribution in [0, 0.1) is 0 Å². The molecule has 0 radical (unpaired) electrons. The van der Waals surface area contributed by atoms with Gasteiger partial charge in [0, 0.05) is 41.9 Å². The number of rotatable bonds is 3. The second-order valence-corrected chi connectivity index (χ2v) is 11.9. The van der Waals surface area contributed by atoms with Crippen molar-refractivity contribution < 1.29 is 0 Å². The Kier molecular flexibility index (Phi) is 5.37. The Bertz CT molecular complexity index is 2510. The van der Waals surface area contributed by atoms with Crippen LogP contribution in [0.4, 0.5) is 0 Å². The van der Waals surface area contributed by atoms with Crippen LogP contribution in [0.5, 0.6) is 0 Å². The third kappa shape index (κ3) is 3.92. The van der Waals surface area contributed by atoms with E-state index in [1.165, 1.54) is 31.1 Å². The van der Waals surface area contributed by atoms with Crippen molar-refractivity contribution in [2.24, 2.45) is 0 Å². The molecule has 0 N–H and O–H groups in total. The molecule has 0 atom stereocenters. The third-order valence-corrected chi connectivity index (χ3v) is 9.39. The molecule has 3 heterocycles. The number of fused-ring (bicyclic) bond motifs is 7. The van der Waals surface area contributed by atoms with E-state index in [9.17, 15) is 0 Å². The summed E-state index contributed by atoms with van der Waals surface area (Å²) in [6.45, 7) is 0. The molecule has 0 aliphatic carbocycles. The zero-order valence-corrected chi connectivity index (χ0v) is 23.8. The van der Waals surface area contributed by atoms with Crippen LogP contribution in [0.3, 0.4) is 0 Å². The van der Waals surface area contributed by atoms with Gasteiger partial charge in [-0.1, -0.05) is 103 Å². The van der Waals surface area contributed by atoms with E-state index in [1.54, 1.807) is 0 Å². The van der Waals surface area contributed by atoms with Crippen molar-refractivity contribution in [2.75, 3.05) is 0 Å². The predicted octanol–water partition coefficient (Wildman–Crippen LogP) is 10.7. The van der Waals surface area contributed by atoms with Crippen molar-refractivity contribution in [1.29, 1.82) is 0 Å². The van der Waals surface area contributed by atoms with E-state index in [0.29, 0.717) is 5.82 Å². The summed E-state index contributed by atoms with van der Waals surface area (Å²) in [5.41, 5.74) is 6.94. The Morgan fingerprint density at radius 2 is 1.02 bits per heavy atom. The van der Waals surface area contributed by atoms with Gasteiger partial charge < -0.3 is 0 Å². The highest BCUT2D eigenvalue weighted by Gasteiger charge is 2.18. The molecule has 0 amide bonds. The van der Waals surface area contributed by atoms with E-state index >= 15 is 0 Å². The summed E-state index contributed by atoms with van der Waals surface area (Å²) in [6.07, 6.45) is 0. The molecule has 3 nitrogen and oxygen atoms in total. The molecule has 0 saturated heterocycles. The smallest absolute Gasteiger partial charge is 0.179 e. The lowest BCUT2D eigenvalue weighted by atomic mass is 9.99. The standard InChI is InChI=1S/C39H23N3S/c1-2-11-24(12-3-1)25-13-10-14-26(21-25)37-29-17-5-8-19-34(29)41-39(42-37)38-32-22-31-28-16-6-9-20-35(28)43-36(31)23-30(32)27-15-4-7-18-33(27)40-38/h1-23H. The Morgan fingerprint density at radius 1 is 0.349 bits per heavy atom. The number of nitrogens with zero attached hydrogens (tertiary/aromatic N) is 3. The highest BCUT2D eigenvalue weighted by molar-refractivity contribution is 7.25. The van der Waals surface area contributed by atoms with E-state index in [0.717, 1.165) is 49.7 Å². The number of thiophene rings is 1. The number of aromatic nitrogens is 3. The zero-order valence-electron chi connectivity index (χ0n) is 23.0. The first kappa shape index (κ1) is 24.2. The van der Waals surface area contributed by atoms with Crippen molar-refractivity contribution in [3.05, 3.63) is 140 Å². The summed E-state index contributed by atoms with van der Waals surface area (Å²) in [4.78, 5) is 15.7. The molecule has 6 aromatic carbocycles. The molecule has 9 aromatic rings. The second-order valence-electron chi connectivity index (χ2n) is 10.8. The van der Waals surface area contributed by atoms with Gasteiger partial charge in [-0.25, -0.2) is 15.0 Å². The van der Waals surface area contributed by atoms with Crippen LogP contribution in [0.25, 0.3) is 86.7 Å². The number of hydrogen-bond acceptors (Lipinski definition) is 4. The Hall–Kier alpha value is -5.45. The largest absolute Gasteiger partial charge is 0.244 e. The van der Waals surface area contributed by atoms with Crippen molar-refractivity contribution in [3.8, 4) is 33.9 Å². The normalized spacial score (nSPS) is 11.7. The highest BCUT2D eigenvalue weighted by Crippen LogP contribution is 2.41. The molecule has 3 aromatic heterocycles. The molecule has 4 heteroatoms. The van der Waals surface area contributed by atoms with Crippen molar-refractivity contribution in [2.45, 2.75) is 0 Å². The lowest BCUT2D eigenvalue weighted by molar-refractivity contribution is 1.20. The lowest BCUT2D eigenvalue weighted by Crippen LogP contribution is -1.98. The van der Waals surface area contributed by atoms with Gasteiger partial charge in [0.25, 0.3) is 0 Å². The third-order valence-electron chi connectivity index (χ3n) is 8.26. The molecule has 0 saturated carbocycles. The van der Waals surface area contributed by atoms with Crippen LogP contribution in [-0.2, 0) is 0 Å². The summed E-state index contributed by atoms with van der Waals surface area (Å²) < 4.78 is 2.56.